The summed E-state index contributed by atoms with van der Waals surface area (Å²) >= 11 is 6.43. The lowest BCUT2D eigenvalue weighted by Gasteiger charge is -2.16. The molecule has 2 nitrogen and oxygen atoms in total. The quantitative estimate of drug-likeness (QED) is 0.790. The summed E-state index contributed by atoms with van der Waals surface area (Å²) in [4.78, 5) is 8.64. The molecule has 0 aliphatic heterocycles. The van der Waals surface area contributed by atoms with Gasteiger partial charge in [0.25, 0.3) is 0 Å². The first-order valence-electron chi connectivity index (χ1n) is 7.14. The van der Waals surface area contributed by atoms with E-state index in [0.717, 1.165) is 22.5 Å². The van der Waals surface area contributed by atoms with Gasteiger partial charge in [-0.1, -0.05) is 32.4 Å². The van der Waals surface area contributed by atoms with Crippen molar-refractivity contribution in [2.75, 3.05) is 0 Å². The summed E-state index contributed by atoms with van der Waals surface area (Å²) in [5, 5.41) is 0.665. The lowest BCUT2D eigenvalue weighted by molar-refractivity contribution is 0.617. The Balaban J connectivity index is 2.28. The number of halogens is 2. The van der Waals surface area contributed by atoms with Crippen LogP contribution in [-0.4, -0.2) is 9.97 Å². The van der Waals surface area contributed by atoms with Gasteiger partial charge in [0.05, 0.1) is 11.4 Å². The summed E-state index contributed by atoms with van der Waals surface area (Å²) in [6, 6.07) is 3.04. The van der Waals surface area contributed by atoms with E-state index >= 15 is 0 Å². The molecule has 1 heterocycles. The van der Waals surface area contributed by atoms with Crippen molar-refractivity contribution in [2.45, 2.75) is 46.0 Å². The SMILES string of the molecule is Cc1cnc(C(C)Cc2cc(F)cc(C(C)C)c2Cl)cn1. The van der Waals surface area contributed by atoms with E-state index in [1.165, 1.54) is 12.1 Å². The molecule has 1 atom stereocenters. The van der Waals surface area contributed by atoms with Gasteiger partial charge < -0.3 is 0 Å². The Kier molecular flexibility index (Phi) is 4.94. The van der Waals surface area contributed by atoms with E-state index in [4.69, 9.17) is 11.6 Å². The number of nitrogens with zero attached hydrogens (tertiary/aromatic N) is 2. The Bertz CT molecular complexity index is 623. The highest BCUT2D eigenvalue weighted by molar-refractivity contribution is 6.32. The molecule has 0 bridgehead atoms. The lowest BCUT2D eigenvalue weighted by atomic mass is 9.94. The first-order valence-corrected chi connectivity index (χ1v) is 7.52. The van der Waals surface area contributed by atoms with Gasteiger partial charge in [0.1, 0.15) is 5.82 Å². The summed E-state index contributed by atoms with van der Waals surface area (Å²) in [5.74, 6) is 0.0964. The first kappa shape index (κ1) is 15.9. The fourth-order valence-electron chi connectivity index (χ4n) is 2.33. The normalized spacial score (nSPS) is 12.7. The van der Waals surface area contributed by atoms with Crippen molar-refractivity contribution in [3.05, 3.63) is 57.9 Å². The van der Waals surface area contributed by atoms with Gasteiger partial charge in [0.15, 0.2) is 0 Å². The van der Waals surface area contributed by atoms with Gasteiger partial charge in [-0.15, -0.1) is 0 Å². The molecular weight excluding hydrogens is 287 g/mol. The minimum Gasteiger partial charge on any atom is -0.258 e. The van der Waals surface area contributed by atoms with E-state index in [0.29, 0.717) is 11.4 Å². The Labute approximate surface area is 130 Å². The van der Waals surface area contributed by atoms with E-state index in [2.05, 4.69) is 16.9 Å². The van der Waals surface area contributed by atoms with Crippen LogP contribution in [0.5, 0.6) is 0 Å². The van der Waals surface area contributed by atoms with Crippen LogP contribution in [0.1, 0.15) is 55.1 Å². The molecule has 0 amide bonds. The largest absolute Gasteiger partial charge is 0.258 e. The van der Waals surface area contributed by atoms with E-state index in [9.17, 15) is 4.39 Å². The first-order chi connectivity index (χ1) is 9.88. The van der Waals surface area contributed by atoms with Gasteiger partial charge in [-0.3, -0.25) is 9.97 Å². The van der Waals surface area contributed by atoms with E-state index in [-0.39, 0.29) is 17.7 Å². The summed E-state index contributed by atoms with van der Waals surface area (Å²) < 4.78 is 13.8. The van der Waals surface area contributed by atoms with Gasteiger partial charge in [0.2, 0.25) is 0 Å². The number of aryl methyl sites for hydroxylation is 1. The average molecular weight is 307 g/mol. The summed E-state index contributed by atoms with van der Waals surface area (Å²) in [6.07, 6.45) is 4.17. The van der Waals surface area contributed by atoms with Crippen LogP contribution < -0.4 is 0 Å². The molecule has 0 radical (unpaired) electrons. The minimum atomic E-state index is -0.236. The molecule has 1 aromatic carbocycles. The van der Waals surface area contributed by atoms with Crippen molar-refractivity contribution in [3.63, 3.8) is 0 Å². The van der Waals surface area contributed by atoms with Crippen molar-refractivity contribution in [1.82, 2.24) is 9.97 Å². The highest BCUT2D eigenvalue weighted by Crippen LogP contribution is 2.31. The van der Waals surface area contributed by atoms with Gasteiger partial charge in [-0.2, -0.15) is 0 Å². The van der Waals surface area contributed by atoms with Crippen LogP contribution in [0.15, 0.2) is 24.5 Å². The van der Waals surface area contributed by atoms with Crippen molar-refractivity contribution in [2.24, 2.45) is 0 Å². The number of aromatic nitrogens is 2. The van der Waals surface area contributed by atoms with E-state index in [1.807, 2.05) is 20.8 Å². The maximum atomic E-state index is 13.8. The zero-order chi connectivity index (χ0) is 15.6. The van der Waals surface area contributed by atoms with Crippen molar-refractivity contribution < 1.29 is 4.39 Å². The van der Waals surface area contributed by atoms with Crippen molar-refractivity contribution in [1.29, 1.82) is 0 Å². The number of hydrogen-bond donors (Lipinski definition) is 0. The molecule has 0 saturated carbocycles. The molecule has 112 valence electrons. The van der Waals surface area contributed by atoms with E-state index < -0.39 is 0 Å². The Morgan fingerprint density at radius 3 is 2.43 bits per heavy atom. The highest BCUT2D eigenvalue weighted by atomic mass is 35.5. The predicted octanol–water partition coefficient (Wildman–Crippen LogP) is 5.05. The van der Waals surface area contributed by atoms with Crippen LogP contribution in [0.4, 0.5) is 4.39 Å². The molecule has 1 aromatic heterocycles. The maximum absolute atomic E-state index is 13.8. The van der Waals surface area contributed by atoms with Crippen LogP contribution in [-0.2, 0) is 6.42 Å². The predicted molar refractivity (Wildman–Crippen MR) is 84.4 cm³/mol. The molecule has 4 heteroatoms. The third-order valence-corrected chi connectivity index (χ3v) is 4.06. The summed E-state index contributed by atoms with van der Waals surface area (Å²) in [6.45, 7) is 7.98. The molecule has 0 fully saturated rings. The zero-order valence-corrected chi connectivity index (χ0v) is 13.6. The molecule has 0 N–H and O–H groups in total. The van der Waals surface area contributed by atoms with Crippen LogP contribution in [0.3, 0.4) is 0 Å². The van der Waals surface area contributed by atoms with Crippen LogP contribution in [0.25, 0.3) is 0 Å². The standard InChI is InChI=1S/C17H20ClFN2/c1-10(2)15-7-14(19)6-13(17(15)18)5-11(3)16-9-20-12(4)8-21-16/h6-11H,5H2,1-4H3. The fraction of sp³-hybridized carbons (Fsp3) is 0.412. The van der Waals surface area contributed by atoms with Crippen molar-refractivity contribution >= 4 is 11.6 Å². The molecule has 1 unspecified atom stereocenters. The number of hydrogen-bond acceptors (Lipinski definition) is 2. The molecule has 0 aliphatic carbocycles. The average Bonchev–Trinajstić information content (AvgIpc) is 2.42. The maximum Gasteiger partial charge on any atom is 0.123 e. The third-order valence-electron chi connectivity index (χ3n) is 3.59. The van der Waals surface area contributed by atoms with E-state index in [1.54, 1.807) is 12.4 Å². The monoisotopic (exact) mass is 306 g/mol. The molecule has 2 aromatic rings. The lowest BCUT2D eigenvalue weighted by Crippen LogP contribution is -2.05. The van der Waals surface area contributed by atoms with Crippen LogP contribution in [0.2, 0.25) is 5.02 Å². The second kappa shape index (κ2) is 6.52. The van der Waals surface area contributed by atoms with Gasteiger partial charge >= 0.3 is 0 Å². The second-order valence-corrected chi connectivity index (χ2v) is 6.19. The molecule has 0 aliphatic rings. The number of rotatable bonds is 4. The van der Waals surface area contributed by atoms with Crippen LogP contribution in [0, 0.1) is 12.7 Å². The zero-order valence-electron chi connectivity index (χ0n) is 12.8. The van der Waals surface area contributed by atoms with Crippen LogP contribution >= 0.6 is 11.6 Å². The van der Waals surface area contributed by atoms with Gasteiger partial charge in [-0.25, -0.2) is 4.39 Å². The number of benzene rings is 1. The summed E-state index contributed by atoms with van der Waals surface area (Å²) in [7, 11) is 0. The minimum absolute atomic E-state index is 0.136. The van der Waals surface area contributed by atoms with Crippen molar-refractivity contribution in [3.8, 4) is 0 Å². The molecule has 21 heavy (non-hydrogen) atoms. The topological polar surface area (TPSA) is 25.8 Å². The smallest absolute Gasteiger partial charge is 0.123 e. The Hall–Kier alpha value is -1.48. The molecule has 2 rings (SSSR count). The molecule has 0 spiro atoms. The molecule has 0 saturated heterocycles. The summed E-state index contributed by atoms with van der Waals surface area (Å²) in [5.41, 5.74) is 3.47. The van der Waals surface area contributed by atoms with Gasteiger partial charge in [0, 0.05) is 23.3 Å². The second-order valence-electron chi connectivity index (χ2n) is 5.81. The Morgan fingerprint density at radius 2 is 1.86 bits per heavy atom. The Morgan fingerprint density at radius 1 is 1.14 bits per heavy atom. The molecular formula is C17H20ClFN2. The fourth-order valence-corrected chi connectivity index (χ4v) is 2.73. The van der Waals surface area contributed by atoms with Gasteiger partial charge in [-0.05, 0) is 42.5 Å². The third kappa shape index (κ3) is 3.79. The highest BCUT2D eigenvalue weighted by Gasteiger charge is 2.16.